The Hall–Kier alpha value is -2.11. The molecule has 132 valence electrons. The Balaban J connectivity index is 0.000000212. The van der Waals surface area contributed by atoms with Crippen LogP contribution in [0.2, 0.25) is 0 Å². The maximum Gasteiger partial charge on any atom is 0.321 e. The van der Waals surface area contributed by atoms with E-state index < -0.39 is 11.2 Å². The zero-order valence-corrected chi connectivity index (χ0v) is 15.5. The van der Waals surface area contributed by atoms with Crippen molar-refractivity contribution in [1.29, 1.82) is 0 Å². The van der Waals surface area contributed by atoms with Gasteiger partial charge >= 0.3 is 5.97 Å². The number of carbonyl (C=O) groups is 2. The van der Waals surface area contributed by atoms with Crippen LogP contribution in [0, 0.1) is 13.8 Å². The van der Waals surface area contributed by atoms with Gasteiger partial charge in [0, 0.05) is 11.6 Å². The van der Waals surface area contributed by atoms with Gasteiger partial charge in [-0.3, -0.25) is 9.59 Å². The largest absolute Gasteiger partial charge is 0.480 e. The minimum atomic E-state index is -0.873. The summed E-state index contributed by atoms with van der Waals surface area (Å²) in [6, 6.07) is 13.8. The lowest BCUT2D eigenvalue weighted by molar-refractivity contribution is -0.136. The Morgan fingerprint density at radius 2 is 1.80 bits per heavy atom. The lowest BCUT2D eigenvalue weighted by Gasteiger charge is -2.22. The fourth-order valence-corrected chi connectivity index (χ4v) is 3.58. The van der Waals surface area contributed by atoms with Gasteiger partial charge in [-0.2, -0.15) is 0 Å². The smallest absolute Gasteiger partial charge is 0.321 e. The van der Waals surface area contributed by atoms with Crippen LogP contribution in [-0.2, 0) is 4.79 Å². The molecule has 0 aromatic heterocycles. The molecule has 2 atom stereocenters. The van der Waals surface area contributed by atoms with Crippen LogP contribution in [0.1, 0.15) is 50.8 Å². The molecule has 1 aliphatic rings. The molecule has 0 fully saturated rings. The van der Waals surface area contributed by atoms with Crippen LogP contribution in [0.4, 0.5) is 0 Å². The average Bonchev–Trinajstić information content (AvgIpc) is 2.58. The fraction of sp³-hybridized carbons (Fsp3) is 0.300. The van der Waals surface area contributed by atoms with Gasteiger partial charge in [-0.15, -0.1) is 11.8 Å². The van der Waals surface area contributed by atoms with Crippen molar-refractivity contribution in [3.63, 3.8) is 0 Å². The average molecular weight is 357 g/mol. The van der Waals surface area contributed by atoms with E-state index >= 15 is 0 Å². The van der Waals surface area contributed by atoms with Gasteiger partial charge in [-0.1, -0.05) is 36.4 Å². The number of benzene rings is 2. The molecule has 0 aliphatic carbocycles. The van der Waals surface area contributed by atoms with Crippen molar-refractivity contribution in [2.75, 3.05) is 5.75 Å². The summed E-state index contributed by atoms with van der Waals surface area (Å²) in [4.78, 5) is 22.8. The highest BCUT2D eigenvalue weighted by Crippen LogP contribution is 2.37. The van der Waals surface area contributed by atoms with Crippen molar-refractivity contribution in [2.24, 2.45) is 5.73 Å². The predicted molar refractivity (Wildman–Crippen MR) is 102 cm³/mol. The van der Waals surface area contributed by atoms with Crippen molar-refractivity contribution in [2.45, 2.75) is 32.1 Å². The number of nitrogens with two attached hydrogens (primary N) is 1. The van der Waals surface area contributed by atoms with Gasteiger partial charge in [0.1, 0.15) is 5.25 Å². The molecule has 0 spiro atoms. The molecule has 25 heavy (non-hydrogen) atoms. The Kier molecular flexibility index (Phi) is 6.39. The maximum atomic E-state index is 11.7. The van der Waals surface area contributed by atoms with Crippen molar-refractivity contribution in [3.05, 3.63) is 70.3 Å². The van der Waals surface area contributed by atoms with Gasteiger partial charge in [-0.25, -0.2) is 0 Å². The molecule has 3 rings (SSSR count). The molecule has 0 bridgehead atoms. The normalized spacial score (nSPS) is 17.1. The van der Waals surface area contributed by atoms with E-state index in [0.717, 1.165) is 11.1 Å². The number of hydrogen-bond donors (Lipinski definition) is 2. The summed E-state index contributed by atoms with van der Waals surface area (Å²) < 4.78 is 0. The highest BCUT2D eigenvalue weighted by atomic mass is 32.2. The number of ketones is 1. The highest BCUT2D eigenvalue weighted by molar-refractivity contribution is 8.01. The summed E-state index contributed by atoms with van der Waals surface area (Å²) in [7, 11) is 0. The van der Waals surface area contributed by atoms with E-state index in [4.69, 9.17) is 10.8 Å². The molecule has 2 aromatic rings. The third kappa shape index (κ3) is 4.71. The molecule has 3 N–H and O–H groups in total. The molecular formula is C20H23NO3S. The van der Waals surface area contributed by atoms with E-state index in [9.17, 15) is 9.59 Å². The third-order valence-corrected chi connectivity index (χ3v) is 5.40. The monoisotopic (exact) mass is 357 g/mol. The van der Waals surface area contributed by atoms with Crippen LogP contribution in [0.3, 0.4) is 0 Å². The first-order chi connectivity index (χ1) is 11.8. The number of aryl methyl sites for hydroxylation is 2. The molecule has 4 nitrogen and oxygen atoms in total. The third-order valence-electron chi connectivity index (χ3n) is 4.18. The standard InChI is InChI=1S/C12H12O3S.C8H11N/c1-6-3-8-9(4-7(6)2)11(12(14)15)16-5-10(8)13;1-7(9)8-5-3-2-4-6-8/h3-4,11H,5H2,1-2H3,(H,14,15);2-7H,9H2,1H3/t;7-/m.1/s1. The summed E-state index contributed by atoms with van der Waals surface area (Å²) in [6.45, 7) is 5.84. The number of hydrogen-bond acceptors (Lipinski definition) is 4. The molecule has 2 aromatic carbocycles. The van der Waals surface area contributed by atoms with Crippen molar-refractivity contribution < 1.29 is 14.7 Å². The fourth-order valence-electron chi connectivity index (χ4n) is 2.58. The number of aliphatic carboxylic acids is 1. The SMILES string of the molecule is C[C@@H](N)c1ccccc1.Cc1cc2c(cc1C)C(C(=O)O)SCC2=O. The number of carboxylic acids is 1. The molecule has 1 unspecified atom stereocenters. The summed E-state index contributed by atoms with van der Waals surface area (Å²) in [6.07, 6.45) is 0. The van der Waals surface area contributed by atoms with E-state index in [1.54, 1.807) is 0 Å². The summed E-state index contributed by atoms with van der Waals surface area (Å²) in [5.41, 5.74) is 10.1. The molecule has 0 amide bonds. The molecule has 1 heterocycles. The van der Waals surface area contributed by atoms with Crippen LogP contribution < -0.4 is 5.73 Å². The van der Waals surface area contributed by atoms with Gasteiger partial charge in [0.25, 0.3) is 0 Å². The molecule has 0 saturated carbocycles. The van der Waals surface area contributed by atoms with Gasteiger partial charge in [0.15, 0.2) is 5.78 Å². The summed E-state index contributed by atoms with van der Waals surface area (Å²) in [5, 5.41) is 8.49. The van der Waals surface area contributed by atoms with Crippen LogP contribution in [0.25, 0.3) is 0 Å². The number of fused-ring (bicyclic) bond motifs is 1. The number of Topliss-reactive ketones (excluding diaryl/α,β-unsaturated/α-hetero) is 1. The van der Waals surface area contributed by atoms with E-state index in [1.165, 1.54) is 17.3 Å². The maximum absolute atomic E-state index is 11.7. The molecule has 5 heteroatoms. The van der Waals surface area contributed by atoms with E-state index in [-0.39, 0.29) is 17.6 Å². The lowest BCUT2D eigenvalue weighted by atomic mass is 9.95. The van der Waals surface area contributed by atoms with E-state index in [1.807, 2.05) is 63.2 Å². The van der Waals surface area contributed by atoms with E-state index in [0.29, 0.717) is 11.1 Å². The second-order valence-corrected chi connectivity index (χ2v) is 7.27. The van der Waals surface area contributed by atoms with Crippen LogP contribution in [0.5, 0.6) is 0 Å². The zero-order chi connectivity index (χ0) is 18.6. The zero-order valence-electron chi connectivity index (χ0n) is 14.7. The lowest BCUT2D eigenvalue weighted by Crippen LogP contribution is -2.21. The number of thioether (sulfide) groups is 1. The van der Waals surface area contributed by atoms with Crippen LogP contribution >= 0.6 is 11.8 Å². The minimum absolute atomic E-state index is 0.0283. The molecular weight excluding hydrogens is 334 g/mol. The second kappa shape index (κ2) is 8.32. The van der Waals surface area contributed by atoms with Crippen LogP contribution in [-0.4, -0.2) is 22.6 Å². The molecule has 0 saturated heterocycles. The van der Waals surface area contributed by atoms with Gasteiger partial charge in [0.05, 0.1) is 5.75 Å². The van der Waals surface area contributed by atoms with Crippen molar-refractivity contribution >= 4 is 23.5 Å². The topological polar surface area (TPSA) is 80.4 Å². The quantitative estimate of drug-likeness (QED) is 0.847. The van der Waals surface area contributed by atoms with Gasteiger partial charge in [0.2, 0.25) is 0 Å². The Bertz CT molecular complexity index is 772. The Morgan fingerprint density at radius 3 is 2.32 bits per heavy atom. The second-order valence-electron chi connectivity index (χ2n) is 6.18. The van der Waals surface area contributed by atoms with Gasteiger partial charge < -0.3 is 10.8 Å². The first kappa shape index (κ1) is 19.2. The highest BCUT2D eigenvalue weighted by Gasteiger charge is 2.31. The van der Waals surface area contributed by atoms with Gasteiger partial charge in [-0.05, 0) is 49.1 Å². The van der Waals surface area contributed by atoms with Crippen molar-refractivity contribution in [1.82, 2.24) is 0 Å². The Morgan fingerprint density at radius 1 is 1.20 bits per heavy atom. The van der Waals surface area contributed by atoms with Crippen LogP contribution in [0.15, 0.2) is 42.5 Å². The first-order valence-electron chi connectivity index (χ1n) is 8.10. The molecule has 0 radical (unpaired) electrons. The van der Waals surface area contributed by atoms with E-state index in [2.05, 4.69) is 0 Å². The number of carboxylic acid groups (broad SMARTS) is 1. The van der Waals surface area contributed by atoms with Crippen molar-refractivity contribution in [3.8, 4) is 0 Å². The first-order valence-corrected chi connectivity index (χ1v) is 9.15. The Labute approximate surface area is 152 Å². The summed E-state index contributed by atoms with van der Waals surface area (Å²) >= 11 is 1.19. The minimum Gasteiger partial charge on any atom is -0.480 e. The predicted octanol–water partition coefficient (Wildman–Crippen LogP) is 4.06. The summed E-state index contributed by atoms with van der Waals surface area (Å²) in [5.74, 6) is -0.588. The number of carbonyl (C=O) groups excluding carboxylic acids is 1. The molecule has 1 aliphatic heterocycles. The number of rotatable bonds is 2.